The summed E-state index contributed by atoms with van der Waals surface area (Å²) in [7, 11) is 0. The summed E-state index contributed by atoms with van der Waals surface area (Å²) in [5.74, 6) is -0.543. The first-order valence-corrected chi connectivity index (χ1v) is 9.13. The highest BCUT2D eigenvalue weighted by Gasteiger charge is 2.38. The van der Waals surface area contributed by atoms with Gasteiger partial charge < -0.3 is 19.9 Å². The number of carboxylic acid groups (broad SMARTS) is 1. The number of carboxylic acids is 1. The van der Waals surface area contributed by atoms with E-state index < -0.39 is 11.5 Å². The molecule has 28 heavy (non-hydrogen) atoms. The number of aromatic nitrogens is 1. The molecule has 3 rings (SSSR count). The van der Waals surface area contributed by atoms with Crippen LogP contribution < -0.4 is 10.1 Å². The first-order chi connectivity index (χ1) is 13.4. The maximum absolute atomic E-state index is 12.8. The number of aliphatic carboxylic acids is 1. The van der Waals surface area contributed by atoms with E-state index in [-0.39, 0.29) is 18.9 Å². The second kappa shape index (κ2) is 8.39. The van der Waals surface area contributed by atoms with E-state index in [0.717, 1.165) is 22.4 Å². The highest BCUT2D eigenvalue weighted by molar-refractivity contribution is 5.95. The first kappa shape index (κ1) is 19.8. The Labute approximate surface area is 163 Å². The third kappa shape index (κ3) is 4.67. The topological polar surface area (TPSA) is 97.8 Å². The minimum atomic E-state index is -0.961. The predicted molar refractivity (Wildman–Crippen MR) is 102 cm³/mol. The fraction of sp³-hybridized carbons (Fsp3) is 0.381. The van der Waals surface area contributed by atoms with Crippen LogP contribution in [0, 0.1) is 13.8 Å². The van der Waals surface area contributed by atoms with Crippen LogP contribution in [0.4, 0.5) is 0 Å². The Bertz CT molecular complexity index is 837. The van der Waals surface area contributed by atoms with Crippen molar-refractivity contribution in [1.29, 1.82) is 0 Å². The van der Waals surface area contributed by atoms with E-state index in [2.05, 4.69) is 10.3 Å². The highest BCUT2D eigenvalue weighted by atomic mass is 16.5. The molecule has 1 aliphatic rings. The molecule has 7 heteroatoms. The number of nitrogens with zero attached hydrogens (tertiary/aromatic N) is 1. The number of amides is 1. The number of rotatable bonds is 7. The van der Waals surface area contributed by atoms with Gasteiger partial charge in [-0.3, -0.25) is 14.6 Å². The summed E-state index contributed by atoms with van der Waals surface area (Å²) < 4.78 is 11.3. The number of pyridine rings is 1. The average molecular weight is 384 g/mol. The zero-order chi connectivity index (χ0) is 20.1. The molecular formula is C21H24N2O5. The molecule has 0 saturated carbocycles. The van der Waals surface area contributed by atoms with Crippen LogP contribution in [0.2, 0.25) is 0 Å². The van der Waals surface area contributed by atoms with Gasteiger partial charge in [0.15, 0.2) is 0 Å². The number of aryl methyl sites for hydroxylation is 2. The van der Waals surface area contributed by atoms with E-state index in [1.165, 1.54) is 0 Å². The minimum absolute atomic E-state index is 0.164. The summed E-state index contributed by atoms with van der Waals surface area (Å²) >= 11 is 0. The SMILES string of the molecule is Cc1cc(C(=O)NC2(CC(=O)O)CCOC2)cc(C)c1OCc1cccnc1. The Balaban J connectivity index is 1.74. The van der Waals surface area contributed by atoms with Crippen LogP contribution in [0.25, 0.3) is 0 Å². The molecule has 2 N–H and O–H groups in total. The lowest BCUT2D eigenvalue weighted by molar-refractivity contribution is -0.138. The summed E-state index contributed by atoms with van der Waals surface area (Å²) in [6.07, 6.45) is 3.77. The molecule has 1 amide bonds. The molecule has 1 fully saturated rings. The summed E-state index contributed by atoms with van der Waals surface area (Å²) in [6, 6.07) is 7.30. The number of carbonyl (C=O) groups excluding carboxylic acids is 1. The molecule has 1 atom stereocenters. The van der Waals surface area contributed by atoms with Crippen LogP contribution >= 0.6 is 0 Å². The maximum Gasteiger partial charge on any atom is 0.305 e. The molecule has 0 radical (unpaired) electrons. The molecule has 1 saturated heterocycles. The maximum atomic E-state index is 12.8. The predicted octanol–water partition coefficient (Wildman–Crippen LogP) is 2.64. The van der Waals surface area contributed by atoms with Gasteiger partial charge in [-0.15, -0.1) is 0 Å². The third-order valence-corrected chi connectivity index (χ3v) is 4.80. The lowest BCUT2D eigenvalue weighted by Crippen LogP contribution is -2.50. The van der Waals surface area contributed by atoms with Crippen molar-refractivity contribution in [3.63, 3.8) is 0 Å². The van der Waals surface area contributed by atoms with Crippen molar-refractivity contribution in [2.24, 2.45) is 0 Å². The Kier molecular flexibility index (Phi) is 5.94. The summed E-state index contributed by atoms with van der Waals surface area (Å²) in [6.45, 7) is 4.80. The van der Waals surface area contributed by atoms with Gasteiger partial charge in [0.1, 0.15) is 12.4 Å². The van der Waals surface area contributed by atoms with Crippen LogP contribution in [-0.4, -0.2) is 40.7 Å². The van der Waals surface area contributed by atoms with Gasteiger partial charge in [-0.2, -0.15) is 0 Å². The van der Waals surface area contributed by atoms with E-state index in [1.54, 1.807) is 24.5 Å². The van der Waals surface area contributed by atoms with Crippen molar-refractivity contribution in [3.05, 3.63) is 58.9 Å². The van der Waals surface area contributed by atoms with Gasteiger partial charge in [-0.1, -0.05) is 6.07 Å². The summed E-state index contributed by atoms with van der Waals surface area (Å²) in [4.78, 5) is 28.0. The van der Waals surface area contributed by atoms with E-state index in [0.29, 0.717) is 25.2 Å². The zero-order valence-corrected chi connectivity index (χ0v) is 16.0. The Morgan fingerprint density at radius 3 is 2.64 bits per heavy atom. The van der Waals surface area contributed by atoms with Gasteiger partial charge in [0.2, 0.25) is 0 Å². The van der Waals surface area contributed by atoms with Crippen molar-refractivity contribution in [2.45, 2.75) is 38.8 Å². The third-order valence-electron chi connectivity index (χ3n) is 4.80. The number of hydrogen-bond acceptors (Lipinski definition) is 5. The molecule has 2 aromatic rings. The van der Waals surface area contributed by atoms with Crippen LogP contribution in [0.3, 0.4) is 0 Å². The number of benzene rings is 1. The van der Waals surface area contributed by atoms with Gasteiger partial charge in [-0.05, 0) is 49.6 Å². The number of carbonyl (C=O) groups is 2. The first-order valence-electron chi connectivity index (χ1n) is 9.13. The zero-order valence-electron chi connectivity index (χ0n) is 16.0. The molecule has 0 bridgehead atoms. The Morgan fingerprint density at radius 1 is 1.32 bits per heavy atom. The number of hydrogen-bond donors (Lipinski definition) is 2. The van der Waals surface area contributed by atoms with Gasteiger partial charge in [0.05, 0.1) is 18.6 Å². The van der Waals surface area contributed by atoms with Crippen LogP contribution in [0.15, 0.2) is 36.7 Å². The van der Waals surface area contributed by atoms with Crippen molar-refractivity contribution < 1.29 is 24.2 Å². The molecule has 1 aliphatic heterocycles. The summed E-state index contributed by atoms with van der Waals surface area (Å²) in [5, 5.41) is 12.1. The normalized spacial score (nSPS) is 18.6. The lowest BCUT2D eigenvalue weighted by Gasteiger charge is -2.27. The van der Waals surface area contributed by atoms with E-state index >= 15 is 0 Å². The monoisotopic (exact) mass is 384 g/mol. The molecule has 148 valence electrons. The lowest BCUT2D eigenvalue weighted by atomic mass is 9.93. The van der Waals surface area contributed by atoms with Crippen molar-refractivity contribution in [2.75, 3.05) is 13.2 Å². The quantitative estimate of drug-likeness (QED) is 0.762. The van der Waals surface area contributed by atoms with Crippen LogP contribution in [0.1, 0.15) is 39.9 Å². The average Bonchev–Trinajstić information content (AvgIpc) is 3.08. The summed E-state index contributed by atoms with van der Waals surface area (Å²) in [5.41, 5.74) is 2.24. The van der Waals surface area contributed by atoms with Crippen LogP contribution in [-0.2, 0) is 16.1 Å². The second-order valence-corrected chi connectivity index (χ2v) is 7.20. The van der Waals surface area contributed by atoms with Gasteiger partial charge >= 0.3 is 5.97 Å². The van der Waals surface area contributed by atoms with E-state index in [1.807, 2.05) is 26.0 Å². The largest absolute Gasteiger partial charge is 0.488 e. The van der Waals surface area contributed by atoms with E-state index in [4.69, 9.17) is 9.47 Å². The molecular weight excluding hydrogens is 360 g/mol. The Morgan fingerprint density at radius 2 is 2.07 bits per heavy atom. The molecule has 1 unspecified atom stereocenters. The highest BCUT2D eigenvalue weighted by Crippen LogP contribution is 2.27. The smallest absolute Gasteiger partial charge is 0.305 e. The standard InChI is InChI=1S/C21H24N2O5/c1-14-8-17(20(26)23-21(10-18(24)25)5-7-27-13-21)9-15(2)19(14)28-12-16-4-3-6-22-11-16/h3-4,6,8-9,11H,5,7,10,12-13H2,1-2H3,(H,23,26)(H,24,25). The minimum Gasteiger partial charge on any atom is -0.488 e. The Hall–Kier alpha value is -2.93. The van der Waals surface area contributed by atoms with Gasteiger partial charge in [0, 0.05) is 30.1 Å². The van der Waals surface area contributed by atoms with Gasteiger partial charge in [0.25, 0.3) is 5.91 Å². The van der Waals surface area contributed by atoms with Crippen LogP contribution in [0.5, 0.6) is 5.75 Å². The molecule has 0 spiro atoms. The van der Waals surface area contributed by atoms with Crippen molar-refractivity contribution >= 4 is 11.9 Å². The molecule has 2 heterocycles. The van der Waals surface area contributed by atoms with E-state index in [9.17, 15) is 14.7 Å². The molecule has 0 aliphatic carbocycles. The fourth-order valence-electron chi connectivity index (χ4n) is 3.44. The second-order valence-electron chi connectivity index (χ2n) is 7.20. The fourth-order valence-corrected chi connectivity index (χ4v) is 3.44. The molecule has 1 aromatic heterocycles. The molecule has 7 nitrogen and oxygen atoms in total. The van der Waals surface area contributed by atoms with Crippen molar-refractivity contribution in [1.82, 2.24) is 10.3 Å². The number of nitrogens with one attached hydrogen (secondary N) is 1. The van der Waals surface area contributed by atoms with Crippen molar-refractivity contribution in [3.8, 4) is 5.75 Å². The molecule has 1 aromatic carbocycles. The van der Waals surface area contributed by atoms with Gasteiger partial charge in [-0.25, -0.2) is 0 Å². The number of ether oxygens (including phenoxy) is 2.